The molecule has 102 valence electrons. The molecular weight excluding hydrogens is 274 g/mol. The summed E-state index contributed by atoms with van der Waals surface area (Å²) in [5, 5.41) is 8.42. The second-order valence-corrected chi connectivity index (χ2v) is 5.08. The predicted octanol–water partition coefficient (Wildman–Crippen LogP) is 3.01. The van der Waals surface area contributed by atoms with E-state index in [1.165, 1.54) is 0 Å². The molecule has 0 saturated heterocycles. The third kappa shape index (κ3) is 2.58. The van der Waals surface area contributed by atoms with Crippen LogP contribution in [0.4, 0.5) is 5.69 Å². The highest BCUT2D eigenvalue weighted by Gasteiger charge is 2.07. The van der Waals surface area contributed by atoms with Crippen molar-refractivity contribution >= 4 is 23.1 Å². The Balaban J connectivity index is 1.81. The zero-order valence-electron chi connectivity index (χ0n) is 11.3. The fraction of sp³-hybridized carbons (Fsp3) is 0.214. The molecule has 0 radical (unpaired) electrons. The fourth-order valence-electron chi connectivity index (χ4n) is 2.03. The van der Waals surface area contributed by atoms with E-state index in [0.717, 1.165) is 22.1 Å². The van der Waals surface area contributed by atoms with Crippen molar-refractivity contribution in [1.82, 2.24) is 19.6 Å². The Kier molecular flexibility index (Phi) is 3.28. The Hall–Kier alpha value is -2.14. The molecule has 2 aromatic heterocycles. The lowest BCUT2D eigenvalue weighted by Crippen LogP contribution is -2.02. The second kappa shape index (κ2) is 5.09. The summed E-state index contributed by atoms with van der Waals surface area (Å²) < 4.78 is 1.76. The highest BCUT2D eigenvalue weighted by Crippen LogP contribution is 2.14. The molecule has 0 spiro atoms. The smallest absolute Gasteiger partial charge is 0.252 e. The number of rotatable bonds is 3. The first kappa shape index (κ1) is 12.9. The monoisotopic (exact) mass is 287 g/mol. The minimum Gasteiger partial charge on any atom is -0.378 e. The van der Waals surface area contributed by atoms with Gasteiger partial charge in [-0.3, -0.25) is 0 Å². The summed E-state index contributed by atoms with van der Waals surface area (Å²) in [5.41, 5.74) is 2.95. The SMILES string of the molecule is Cc1cc(C)n2nc(CNc3ccc(Cl)cc3)nc2n1. The molecule has 0 unspecified atom stereocenters. The number of hydrogen-bond donors (Lipinski definition) is 1. The van der Waals surface area contributed by atoms with Crippen molar-refractivity contribution < 1.29 is 0 Å². The van der Waals surface area contributed by atoms with Crippen molar-refractivity contribution in [2.75, 3.05) is 5.32 Å². The van der Waals surface area contributed by atoms with Crippen LogP contribution >= 0.6 is 11.6 Å². The summed E-state index contributed by atoms with van der Waals surface area (Å²) in [7, 11) is 0. The van der Waals surface area contributed by atoms with Gasteiger partial charge in [0.15, 0.2) is 5.82 Å². The number of aromatic nitrogens is 4. The molecule has 6 heteroatoms. The first-order valence-electron chi connectivity index (χ1n) is 6.31. The van der Waals surface area contributed by atoms with Gasteiger partial charge in [-0.25, -0.2) is 9.50 Å². The maximum Gasteiger partial charge on any atom is 0.252 e. The molecule has 0 aliphatic heterocycles. The van der Waals surface area contributed by atoms with E-state index in [4.69, 9.17) is 11.6 Å². The third-order valence-corrected chi connectivity index (χ3v) is 3.21. The molecule has 0 amide bonds. The Bertz CT molecular complexity index is 748. The van der Waals surface area contributed by atoms with E-state index in [0.29, 0.717) is 18.1 Å². The van der Waals surface area contributed by atoms with Gasteiger partial charge in [0.1, 0.15) is 0 Å². The van der Waals surface area contributed by atoms with Gasteiger partial charge in [0.2, 0.25) is 0 Å². The number of halogens is 1. The van der Waals surface area contributed by atoms with Gasteiger partial charge < -0.3 is 5.32 Å². The second-order valence-electron chi connectivity index (χ2n) is 4.64. The summed E-state index contributed by atoms with van der Waals surface area (Å²) in [5.74, 6) is 1.34. The summed E-state index contributed by atoms with van der Waals surface area (Å²) in [4.78, 5) is 8.79. The molecule has 0 saturated carbocycles. The summed E-state index contributed by atoms with van der Waals surface area (Å²) in [6.45, 7) is 4.49. The average Bonchev–Trinajstić information content (AvgIpc) is 2.81. The van der Waals surface area contributed by atoms with E-state index in [-0.39, 0.29) is 0 Å². The zero-order valence-corrected chi connectivity index (χ0v) is 12.0. The first-order valence-corrected chi connectivity index (χ1v) is 6.69. The lowest BCUT2D eigenvalue weighted by atomic mass is 10.3. The van der Waals surface area contributed by atoms with Crippen molar-refractivity contribution in [3.63, 3.8) is 0 Å². The van der Waals surface area contributed by atoms with E-state index in [9.17, 15) is 0 Å². The number of fused-ring (bicyclic) bond motifs is 1. The molecule has 5 nitrogen and oxygen atoms in total. The van der Waals surface area contributed by atoms with Crippen molar-refractivity contribution in [2.24, 2.45) is 0 Å². The fourth-order valence-corrected chi connectivity index (χ4v) is 2.16. The largest absolute Gasteiger partial charge is 0.378 e. The number of aryl methyl sites for hydroxylation is 2. The van der Waals surface area contributed by atoms with Crippen LogP contribution in [-0.4, -0.2) is 19.6 Å². The van der Waals surface area contributed by atoms with Crippen LogP contribution in [0.25, 0.3) is 5.78 Å². The van der Waals surface area contributed by atoms with Gasteiger partial charge in [-0.2, -0.15) is 4.98 Å². The van der Waals surface area contributed by atoms with Gasteiger partial charge in [0.05, 0.1) is 6.54 Å². The molecule has 0 aliphatic rings. The molecule has 0 atom stereocenters. The number of hydrogen-bond acceptors (Lipinski definition) is 4. The van der Waals surface area contributed by atoms with Crippen LogP contribution in [0.2, 0.25) is 5.02 Å². The number of benzene rings is 1. The number of nitrogens with zero attached hydrogens (tertiary/aromatic N) is 4. The molecule has 2 heterocycles. The van der Waals surface area contributed by atoms with Crippen LogP contribution in [0.1, 0.15) is 17.2 Å². The van der Waals surface area contributed by atoms with E-state index in [2.05, 4.69) is 20.4 Å². The van der Waals surface area contributed by atoms with Crippen molar-refractivity contribution in [3.05, 3.63) is 52.6 Å². The Morgan fingerprint density at radius 2 is 1.90 bits per heavy atom. The van der Waals surface area contributed by atoms with E-state index in [1.54, 1.807) is 4.52 Å². The van der Waals surface area contributed by atoms with Crippen LogP contribution in [0, 0.1) is 13.8 Å². The molecule has 3 aromatic rings. The van der Waals surface area contributed by atoms with Crippen LogP contribution in [-0.2, 0) is 6.54 Å². The maximum atomic E-state index is 5.85. The highest BCUT2D eigenvalue weighted by atomic mass is 35.5. The van der Waals surface area contributed by atoms with E-state index in [1.807, 2.05) is 44.2 Å². The van der Waals surface area contributed by atoms with Crippen molar-refractivity contribution in [3.8, 4) is 0 Å². The predicted molar refractivity (Wildman–Crippen MR) is 79.0 cm³/mol. The van der Waals surface area contributed by atoms with Gasteiger partial charge in [-0.15, -0.1) is 5.10 Å². The number of nitrogens with one attached hydrogen (secondary N) is 1. The van der Waals surface area contributed by atoms with Crippen molar-refractivity contribution in [1.29, 1.82) is 0 Å². The van der Waals surface area contributed by atoms with Gasteiger partial charge in [-0.05, 0) is 44.2 Å². The summed E-state index contributed by atoms with van der Waals surface area (Å²) >= 11 is 5.85. The highest BCUT2D eigenvalue weighted by molar-refractivity contribution is 6.30. The van der Waals surface area contributed by atoms with Gasteiger partial charge in [0.25, 0.3) is 5.78 Å². The normalized spacial score (nSPS) is 10.9. The van der Waals surface area contributed by atoms with Crippen LogP contribution in [0.3, 0.4) is 0 Å². The van der Waals surface area contributed by atoms with Crippen LogP contribution < -0.4 is 5.32 Å². The van der Waals surface area contributed by atoms with Crippen LogP contribution in [0.15, 0.2) is 30.3 Å². The third-order valence-electron chi connectivity index (χ3n) is 2.96. The molecule has 1 N–H and O–H groups in total. The minimum absolute atomic E-state index is 0.545. The van der Waals surface area contributed by atoms with Crippen LogP contribution in [0.5, 0.6) is 0 Å². The standard InChI is InChI=1S/C14H14ClN5/c1-9-7-10(2)20-14(17-9)18-13(19-20)8-16-12-5-3-11(15)4-6-12/h3-7,16H,8H2,1-2H3. The van der Waals surface area contributed by atoms with Crippen molar-refractivity contribution in [2.45, 2.75) is 20.4 Å². The first-order chi connectivity index (χ1) is 9.61. The van der Waals surface area contributed by atoms with Gasteiger partial charge in [-0.1, -0.05) is 11.6 Å². The number of anilines is 1. The lowest BCUT2D eigenvalue weighted by Gasteiger charge is -2.02. The topological polar surface area (TPSA) is 55.1 Å². The molecule has 1 aromatic carbocycles. The minimum atomic E-state index is 0.545. The molecule has 0 aliphatic carbocycles. The van der Waals surface area contributed by atoms with Gasteiger partial charge >= 0.3 is 0 Å². The summed E-state index contributed by atoms with van der Waals surface area (Å²) in [6.07, 6.45) is 0. The van der Waals surface area contributed by atoms with E-state index < -0.39 is 0 Å². The average molecular weight is 288 g/mol. The maximum absolute atomic E-state index is 5.85. The Morgan fingerprint density at radius 3 is 2.65 bits per heavy atom. The lowest BCUT2D eigenvalue weighted by molar-refractivity contribution is 0.850. The molecular formula is C14H14ClN5. The zero-order chi connectivity index (χ0) is 14.1. The molecule has 0 bridgehead atoms. The Morgan fingerprint density at radius 1 is 1.15 bits per heavy atom. The Labute approximate surface area is 121 Å². The quantitative estimate of drug-likeness (QED) is 0.804. The molecule has 0 fully saturated rings. The molecule has 3 rings (SSSR count). The van der Waals surface area contributed by atoms with Gasteiger partial charge in [0, 0.05) is 22.1 Å². The van der Waals surface area contributed by atoms with E-state index >= 15 is 0 Å². The summed E-state index contributed by atoms with van der Waals surface area (Å²) in [6, 6.07) is 9.52. The molecule has 20 heavy (non-hydrogen) atoms.